The van der Waals surface area contributed by atoms with Crippen LogP contribution < -0.4 is 25.1 Å². The van der Waals surface area contributed by atoms with E-state index >= 15 is 0 Å². The summed E-state index contributed by atoms with van der Waals surface area (Å²) in [7, 11) is 4.65. The average molecular weight is 430 g/mol. The van der Waals surface area contributed by atoms with Gasteiger partial charge < -0.3 is 19.5 Å². The molecule has 1 aliphatic carbocycles. The molecule has 31 heavy (non-hydrogen) atoms. The lowest BCUT2D eigenvalue weighted by Gasteiger charge is -2.27. The minimum Gasteiger partial charge on any atom is -0.493 e. The van der Waals surface area contributed by atoms with Crippen molar-refractivity contribution >= 4 is 11.7 Å². The molecule has 1 aliphatic heterocycles. The van der Waals surface area contributed by atoms with Gasteiger partial charge in [-0.05, 0) is 30.5 Å². The molecule has 0 spiro atoms. The number of H-pyrrole nitrogens is 1. The molecule has 2 heterocycles. The topological polar surface area (TPSA) is 94.6 Å². The molecule has 0 saturated heterocycles. The summed E-state index contributed by atoms with van der Waals surface area (Å²) < 4.78 is 18.3. The number of carbonyl (C=O) groups excluding carboxylic acids is 1. The van der Waals surface area contributed by atoms with Gasteiger partial charge in [-0.1, -0.05) is 32.1 Å². The van der Waals surface area contributed by atoms with Crippen LogP contribution in [0.25, 0.3) is 0 Å². The van der Waals surface area contributed by atoms with Crippen LogP contribution in [-0.2, 0) is 4.79 Å². The molecule has 2 aromatic rings. The number of nitrogens with one attached hydrogen (secondary N) is 2. The summed E-state index contributed by atoms with van der Waals surface area (Å²) >= 11 is 0. The van der Waals surface area contributed by atoms with Gasteiger partial charge in [0.15, 0.2) is 11.5 Å². The second-order valence-corrected chi connectivity index (χ2v) is 8.34. The molecule has 1 saturated carbocycles. The quantitative estimate of drug-likeness (QED) is 0.750. The van der Waals surface area contributed by atoms with Crippen molar-refractivity contribution in [2.75, 3.05) is 26.6 Å². The Bertz CT molecular complexity index is 976. The van der Waals surface area contributed by atoms with E-state index in [1.165, 1.54) is 19.3 Å². The average Bonchev–Trinajstić information content (AvgIpc) is 3.07. The van der Waals surface area contributed by atoms with Crippen LogP contribution in [0.15, 0.2) is 16.9 Å². The van der Waals surface area contributed by atoms with E-state index in [-0.39, 0.29) is 23.9 Å². The number of benzene rings is 1. The number of carbonyl (C=O) groups is 1. The number of rotatable bonds is 5. The summed E-state index contributed by atoms with van der Waals surface area (Å²) in [5.74, 6) is 1.59. The van der Waals surface area contributed by atoms with Crippen molar-refractivity contribution in [3.05, 3.63) is 33.6 Å². The zero-order valence-electron chi connectivity index (χ0n) is 18.5. The van der Waals surface area contributed by atoms with Crippen LogP contribution in [0.4, 0.5) is 5.82 Å². The van der Waals surface area contributed by atoms with Crippen molar-refractivity contribution < 1.29 is 19.0 Å². The number of fused-ring (bicyclic) bond motifs is 1. The zero-order chi connectivity index (χ0) is 22.0. The van der Waals surface area contributed by atoms with Gasteiger partial charge in [-0.3, -0.25) is 19.4 Å². The lowest BCUT2D eigenvalue weighted by atomic mass is 9.86. The maximum atomic E-state index is 13.1. The Morgan fingerprint density at radius 1 is 0.903 bits per heavy atom. The maximum absolute atomic E-state index is 13.1. The van der Waals surface area contributed by atoms with Gasteiger partial charge in [0.05, 0.1) is 32.9 Å². The van der Waals surface area contributed by atoms with E-state index in [1.807, 2.05) is 16.8 Å². The summed E-state index contributed by atoms with van der Waals surface area (Å²) in [6, 6.07) is 3.83. The molecule has 1 atom stereocenters. The Morgan fingerprint density at radius 3 is 2.10 bits per heavy atom. The molecule has 1 unspecified atom stereocenters. The van der Waals surface area contributed by atoms with Gasteiger partial charge in [0, 0.05) is 12.3 Å². The Morgan fingerprint density at radius 2 is 1.52 bits per heavy atom. The highest BCUT2D eigenvalue weighted by Gasteiger charge is 2.35. The molecule has 1 aromatic carbocycles. The highest BCUT2D eigenvalue weighted by molar-refractivity contribution is 5.94. The summed E-state index contributed by atoms with van der Waals surface area (Å²) in [5.41, 5.74) is 1.22. The van der Waals surface area contributed by atoms with E-state index in [0.29, 0.717) is 28.6 Å². The molecular formula is C23H31N3O5. The number of amides is 1. The number of aromatic nitrogens is 2. The van der Waals surface area contributed by atoms with E-state index in [4.69, 9.17) is 14.2 Å². The van der Waals surface area contributed by atoms with Crippen molar-refractivity contribution in [2.24, 2.45) is 0 Å². The molecule has 4 rings (SSSR count). The third-order valence-corrected chi connectivity index (χ3v) is 6.49. The van der Waals surface area contributed by atoms with Crippen molar-refractivity contribution in [3.63, 3.8) is 0 Å². The molecule has 1 amide bonds. The lowest BCUT2D eigenvalue weighted by molar-refractivity contribution is -0.116. The fourth-order valence-corrected chi connectivity index (χ4v) is 4.94. The molecule has 2 aliphatic rings. The van der Waals surface area contributed by atoms with Gasteiger partial charge in [-0.2, -0.15) is 0 Å². The SMILES string of the molecule is COc1cc(C2CC(=O)Nc3c2c(=O)[nH]n3C2CCCCCCC2)cc(OC)c1OC. The van der Waals surface area contributed by atoms with E-state index in [9.17, 15) is 9.59 Å². The van der Waals surface area contributed by atoms with Crippen molar-refractivity contribution in [3.8, 4) is 17.2 Å². The van der Waals surface area contributed by atoms with Crippen LogP contribution in [0.5, 0.6) is 17.2 Å². The number of ether oxygens (including phenoxy) is 3. The van der Waals surface area contributed by atoms with E-state index in [1.54, 1.807) is 21.3 Å². The fraction of sp³-hybridized carbons (Fsp3) is 0.565. The molecule has 0 radical (unpaired) electrons. The molecule has 1 aromatic heterocycles. The van der Waals surface area contributed by atoms with E-state index in [2.05, 4.69) is 10.4 Å². The summed E-state index contributed by atoms with van der Waals surface area (Å²) in [6.07, 6.45) is 8.14. The number of anilines is 1. The highest BCUT2D eigenvalue weighted by Crippen LogP contribution is 2.44. The molecule has 168 valence electrons. The normalized spacial score (nSPS) is 19.7. The van der Waals surface area contributed by atoms with Crippen molar-refractivity contribution in [1.29, 1.82) is 0 Å². The van der Waals surface area contributed by atoms with Gasteiger partial charge in [0.1, 0.15) is 5.82 Å². The van der Waals surface area contributed by atoms with Crippen LogP contribution in [-0.4, -0.2) is 37.0 Å². The first-order valence-electron chi connectivity index (χ1n) is 11.0. The van der Waals surface area contributed by atoms with Crippen LogP contribution in [0.2, 0.25) is 0 Å². The predicted octanol–water partition coefficient (Wildman–Crippen LogP) is 3.96. The number of aromatic amines is 1. The van der Waals surface area contributed by atoms with Crippen LogP contribution in [0.3, 0.4) is 0 Å². The van der Waals surface area contributed by atoms with Crippen LogP contribution in [0, 0.1) is 0 Å². The summed E-state index contributed by atoms with van der Waals surface area (Å²) in [5, 5.41) is 6.00. The highest BCUT2D eigenvalue weighted by atomic mass is 16.5. The molecule has 2 N–H and O–H groups in total. The largest absolute Gasteiger partial charge is 0.493 e. The van der Waals surface area contributed by atoms with Gasteiger partial charge in [0.2, 0.25) is 11.7 Å². The van der Waals surface area contributed by atoms with Crippen molar-refractivity contribution in [2.45, 2.75) is 63.3 Å². The summed E-state index contributed by atoms with van der Waals surface area (Å²) in [4.78, 5) is 25.8. The Labute approximate surface area is 181 Å². The minimum absolute atomic E-state index is 0.107. The number of methoxy groups -OCH3 is 3. The first-order valence-corrected chi connectivity index (χ1v) is 11.0. The van der Waals surface area contributed by atoms with Crippen LogP contribution in [0.1, 0.15) is 74.5 Å². The Hall–Kier alpha value is -2.90. The monoisotopic (exact) mass is 429 g/mol. The molecule has 1 fully saturated rings. The van der Waals surface area contributed by atoms with Gasteiger partial charge >= 0.3 is 0 Å². The van der Waals surface area contributed by atoms with Gasteiger partial charge in [-0.15, -0.1) is 0 Å². The number of nitrogens with zero attached hydrogens (tertiary/aromatic N) is 1. The first-order chi connectivity index (χ1) is 15.1. The Kier molecular flexibility index (Phi) is 6.25. The van der Waals surface area contributed by atoms with Gasteiger partial charge in [0.25, 0.3) is 5.56 Å². The number of hydrogen-bond acceptors (Lipinski definition) is 5. The third-order valence-electron chi connectivity index (χ3n) is 6.49. The minimum atomic E-state index is -0.393. The van der Waals surface area contributed by atoms with E-state index < -0.39 is 5.92 Å². The van der Waals surface area contributed by atoms with Crippen LogP contribution >= 0.6 is 0 Å². The molecule has 8 nitrogen and oxygen atoms in total. The second-order valence-electron chi connectivity index (χ2n) is 8.34. The maximum Gasteiger partial charge on any atom is 0.270 e. The lowest BCUT2D eigenvalue weighted by Crippen LogP contribution is -2.27. The van der Waals surface area contributed by atoms with Crippen molar-refractivity contribution in [1.82, 2.24) is 9.78 Å². The molecule has 8 heteroatoms. The van der Waals surface area contributed by atoms with Gasteiger partial charge in [-0.25, -0.2) is 0 Å². The molecular weight excluding hydrogens is 398 g/mol. The second kappa shape index (κ2) is 9.08. The Balaban J connectivity index is 1.79. The smallest absolute Gasteiger partial charge is 0.270 e. The number of hydrogen-bond donors (Lipinski definition) is 2. The zero-order valence-corrected chi connectivity index (χ0v) is 18.5. The summed E-state index contributed by atoms with van der Waals surface area (Å²) in [6.45, 7) is 0. The third kappa shape index (κ3) is 4.03. The van der Waals surface area contributed by atoms with E-state index in [0.717, 1.165) is 31.2 Å². The first kappa shape index (κ1) is 21.3. The fourth-order valence-electron chi connectivity index (χ4n) is 4.94. The predicted molar refractivity (Wildman–Crippen MR) is 118 cm³/mol. The standard InChI is InChI=1S/C23H31N3O5/c1-29-17-11-14(12-18(30-2)21(17)31-3)16-13-19(27)24-22-20(16)23(28)25-26(22)15-9-7-5-4-6-8-10-15/h11-12,15-16H,4-10,13H2,1-3H3,(H,24,27)(H,25,28). The molecule has 0 bridgehead atoms.